The molecule has 0 spiro atoms. The molecule has 0 saturated heterocycles. The Morgan fingerprint density at radius 1 is 1.78 bits per heavy atom. The second-order valence-electron chi connectivity index (χ2n) is 1.91. The molecule has 1 aliphatic heterocycles. The van der Waals surface area contributed by atoms with Gasteiger partial charge in [-0.05, 0) is 6.92 Å². The topological polar surface area (TPSA) is 33.6 Å². The Kier molecular flexibility index (Phi) is 2.51. The Labute approximate surface area is 55.1 Å². The molecule has 0 amide bonds. The molecular weight excluding hydrogens is 116 g/mol. The molecule has 0 bridgehead atoms. The van der Waals surface area contributed by atoms with Crippen molar-refractivity contribution in [2.45, 2.75) is 6.92 Å². The van der Waals surface area contributed by atoms with Crippen LogP contribution >= 0.6 is 0 Å². The fourth-order valence-corrected chi connectivity index (χ4v) is 0.771. The number of nitrogens with one attached hydrogen (secondary N) is 1. The van der Waals surface area contributed by atoms with Crippen LogP contribution in [0.25, 0.3) is 0 Å². The summed E-state index contributed by atoms with van der Waals surface area (Å²) in [5.41, 5.74) is 0. The van der Waals surface area contributed by atoms with Gasteiger partial charge in [-0.3, -0.25) is 4.99 Å². The van der Waals surface area contributed by atoms with Crippen LogP contribution in [0.5, 0.6) is 0 Å². The van der Waals surface area contributed by atoms with E-state index in [4.69, 9.17) is 4.74 Å². The molecule has 52 valence electrons. The maximum atomic E-state index is 5.14. The predicted molar refractivity (Wildman–Crippen MR) is 36.8 cm³/mol. The summed E-state index contributed by atoms with van der Waals surface area (Å²) in [6.07, 6.45) is 0. The van der Waals surface area contributed by atoms with Crippen LogP contribution in [0.3, 0.4) is 0 Å². The second-order valence-corrected chi connectivity index (χ2v) is 1.91. The molecular formula is C6H12N2O. The lowest BCUT2D eigenvalue weighted by molar-refractivity contribution is 0.168. The summed E-state index contributed by atoms with van der Waals surface area (Å²) in [5, 5.41) is 3.11. The summed E-state index contributed by atoms with van der Waals surface area (Å²) in [5.74, 6) is 0.990. The maximum Gasteiger partial charge on any atom is 0.123 e. The minimum absolute atomic E-state index is 0.661. The van der Waals surface area contributed by atoms with Gasteiger partial charge in [0.1, 0.15) is 12.4 Å². The van der Waals surface area contributed by atoms with Crippen molar-refractivity contribution in [1.82, 2.24) is 5.32 Å². The summed E-state index contributed by atoms with van der Waals surface area (Å²) < 4.78 is 5.14. The van der Waals surface area contributed by atoms with E-state index in [1.165, 1.54) is 0 Å². The van der Waals surface area contributed by atoms with E-state index < -0.39 is 0 Å². The number of hydrogen-bond donors (Lipinski definition) is 1. The van der Waals surface area contributed by atoms with Gasteiger partial charge in [-0.2, -0.15) is 0 Å². The number of ether oxygens (including phenoxy) is 1. The van der Waals surface area contributed by atoms with Gasteiger partial charge in [-0.1, -0.05) is 0 Å². The van der Waals surface area contributed by atoms with Crippen LogP contribution in [0.2, 0.25) is 0 Å². The predicted octanol–water partition coefficient (Wildman–Crippen LogP) is 0.0246. The fourth-order valence-electron chi connectivity index (χ4n) is 0.771. The number of nitrogens with zero attached hydrogens (tertiary/aromatic N) is 1. The van der Waals surface area contributed by atoms with E-state index >= 15 is 0 Å². The monoisotopic (exact) mass is 128 g/mol. The van der Waals surface area contributed by atoms with Crippen molar-refractivity contribution in [3.05, 3.63) is 0 Å². The van der Waals surface area contributed by atoms with Crippen molar-refractivity contribution in [3.63, 3.8) is 0 Å². The molecule has 0 aliphatic carbocycles. The zero-order valence-corrected chi connectivity index (χ0v) is 5.68. The van der Waals surface area contributed by atoms with Gasteiger partial charge < -0.3 is 10.1 Å². The molecule has 1 N–H and O–H groups in total. The van der Waals surface area contributed by atoms with E-state index in [0.29, 0.717) is 6.61 Å². The van der Waals surface area contributed by atoms with E-state index in [2.05, 4.69) is 17.2 Å². The molecule has 0 radical (unpaired) electrons. The first-order valence-electron chi connectivity index (χ1n) is 3.28. The molecule has 0 aromatic carbocycles. The number of likely N-dealkylation sites (N-methyl/N-ethyl adjacent to an activating group) is 1. The van der Waals surface area contributed by atoms with Gasteiger partial charge in [0, 0.05) is 6.54 Å². The van der Waals surface area contributed by atoms with Gasteiger partial charge in [0.25, 0.3) is 0 Å². The quantitative estimate of drug-likeness (QED) is 0.540. The molecule has 0 atom stereocenters. The highest BCUT2D eigenvalue weighted by molar-refractivity contribution is 5.83. The lowest BCUT2D eigenvalue weighted by Crippen LogP contribution is -2.31. The standard InChI is InChI=1S/C6H12N2O/c1-2-7-6-5-9-4-3-8-6/h2-5H2,1H3,(H,7,8). The van der Waals surface area contributed by atoms with E-state index in [0.717, 1.165) is 25.5 Å². The molecule has 0 saturated carbocycles. The third-order valence-corrected chi connectivity index (χ3v) is 1.16. The Morgan fingerprint density at radius 3 is 3.22 bits per heavy atom. The number of amidine groups is 1. The van der Waals surface area contributed by atoms with Crippen LogP contribution in [0, 0.1) is 0 Å². The third kappa shape index (κ3) is 2.01. The Hall–Kier alpha value is -0.570. The maximum absolute atomic E-state index is 5.14. The Bertz CT molecular complexity index is 112. The average Bonchev–Trinajstić information content (AvgIpc) is 1.91. The van der Waals surface area contributed by atoms with Crippen molar-refractivity contribution in [2.24, 2.45) is 4.99 Å². The van der Waals surface area contributed by atoms with Crippen LogP contribution in [0.4, 0.5) is 0 Å². The number of rotatable bonds is 1. The molecule has 1 aliphatic rings. The van der Waals surface area contributed by atoms with E-state index in [-0.39, 0.29) is 0 Å². The fraction of sp³-hybridized carbons (Fsp3) is 0.833. The number of aliphatic imine (C=N–C) groups is 1. The first kappa shape index (κ1) is 6.55. The van der Waals surface area contributed by atoms with Crippen molar-refractivity contribution in [3.8, 4) is 0 Å². The lowest BCUT2D eigenvalue weighted by atomic mass is 10.5. The molecule has 0 unspecified atom stereocenters. The smallest absolute Gasteiger partial charge is 0.123 e. The van der Waals surface area contributed by atoms with Crippen molar-refractivity contribution in [2.75, 3.05) is 26.3 Å². The summed E-state index contributed by atoms with van der Waals surface area (Å²) in [4.78, 5) is 4.20. The van der Waals surface area contributed by atoms with Crippen molar-refractivity contribution in [1.29, 1.82) is 0 Å². The molecule has 3 nitrogen and oxygen atoms in total. The average molecular weight is 128 g/mol. The summed E-state index contributed by atoms with van der Waals surface area (Å²) >= 11 is 0. The van der Waals surface area contributed by atoms with E-state index in [1.54, 1.807) is 0 Å². The zero-order chi connectivity index (χ0) is 6.53. The molecule has 0 aromatic rings. The van der Waals surface area contributed by atoms with Gasteiger partial charge in [0.05, 0.1) is 13.2 Å². The van der Waals surface area contributed by atoms with Gasteiger partial charge in [-0.25, -0.2) is 0 Å². The van der Waals surface area contributed by atoms with Crippen molar-refractivity contribution < 1.29 is 4.74 Å². The molecule has 9 heavy (non-hydrogen) atoms. The Morgan fingerprint density at radius 2 is 2.67 bits per heavy atom. The second kappa shape index (κ2) is 3.45. The normalized spacial score (nSPS) is 19.0. The van der Waals surface area contributed by atoms with E-state index in [1.807, 2.05) is 0 Å². The summed E-state index contributed by atoms with van der Waals surface area (Å²) in [6.45, 7) is 5.23. The van der Waals surface area contributed by atoms with Crippen LogP contribution in [0.15, 0.2) is 4.99 Å². The van der Waals surface area contributed by atoms with Crippen molar-refractivity contribution >= 4 is 5.84 Å². The van der Waals surface area contributed by atoms with Crippen LogP contribution < -0.4 is 5.32 Å². The van der Waals surface area contributed by atoms with Gasteiger partial charge in [0.15, 0.2) is 0 Å². The SMILES string of the molecule is CCNC1=NCCOC1. The van der Waals surface area contributed by atoms with Gasteiger partial charge >= 0.3 is 0 Å². The van der Waals surface area contributed by atoms with E-state index in [9.17, 15) is 0 Å². The third-order valence-electron chi connectivity index (χ3n) is 1.16. The highest BCUT2D eigenvalue weighted by Crippen LogP contribution is 1.87. The molecule has 1 heterocycles. The highest BCUT2D eigenvalue weighted by Gasteiger charge is 2.01. The minimum atomic E-state index is 0.661. The van der Waals surface area contributed by atoms with Crippen LogP contribution in [0.1, 0.15) is 6.92 Å². The first-order chi connectivity index (χ1) is 4.43. The van der Waals surface area contributed by atoms with Crippen LogP contribution in [-0.4, -0.2) is 32.1 Å². The largest absolute Gasteiger partial charge is 0.372 e. The summed E-state index contributed by atoms with van der Waals surface area (Å²) in [6, 6.07) is 0. The van der Waals surface area contributed by atoms with Crippen LogP contribution in [-0.2, 0) is 4.74 Å². The first-order valence-corrected chi connectivity index (χ1v) is 3.28. The minimum Gasteiger partial charge on any atom is -0.372 e. The highest BCUT2D eigenvalue weighted by atomic mass is 16.5. The lowest BCUT2D eigenvalue weighted by Gasteiger charge is -2.12. The number of hydrogen-bond acceptors (Lipinski definition) is 3. The zero-order valence-electron chi connectivity index (χ0n) is 5.68. The molecule has 0 aromatic heterocycles. The molecule has 0 fully saturated rings. The summed E-state index contributed by atoms with van der Waals surface area (Å²) in [7, 11) is 0. The molecule has 1 rings (SSSR count). The van der Waals surface area contributed by atoms with Gasteiger partial charge in [-0.15, -0.1) is 0 Å². The Balaban J connectivity index is 2.28. The van der Waals surface area contributed by atoms with Gasteiger partial charge in [0.2, 0.25) is 0 Å². The molecule has 3 heteroatoms.